The van der Waals surface area contributed by atoms with Crippen LogP contribution in [0.1, 0.15) is 32.6 Å². The van der Waals surface area contributed by atoms with E-state index < -0.39 is 11.7 Å². The molecular weight excluding hydrogens is 397 g/mol. The number of hydrogen-bond donors (Lipinski definition) is 2. The van der Waals surface area contributed by atoms with Crippen molar-refractivity contribution in [1.29, 1.82) is 0 Å². The molecular formula is C22H26FN7O. The zero-order chi connectivity index (χ0) is 21.6. The maximum Gasteiger partial charge on any atom is 0.185 e. The predicted octanol–water partition coefficient (Wildman–Crippen LogP) is 2.88. The number of alkyl halides is 1. The average Bonchev–Trinajstić information content (AvgIpc) is 3.31. The highest BCUT2D eigenvalue weighted by Crippen LogP contribution is 2.38. The van der Waals surface area contributed by atoms with Crippen LogP contribution in [0.3, 0.4) is 0 Å². The molecule has 2 bridgehead atoms. The van der Waals surface area contributed by atoms with Gasteiger partial charge in [-0.2, -0.15) is 0 Å². The smallest absolute Gasteiger partial charge is 0.185 e. The Morgan fingerprint density at radius 3 is 2.90 bits per heavy atom. The summed E-state index contributed by atoms with van der Waals surface area (Å²) >= 11 is 0. The van der Waals surface area contributed by atoms with Crippen LogP contribution >= 0.6 is 0 Å². The van der Waals surface area contributed by atoms with E-state index in [0.717, 1.165) is 31.4 Å². The van der Waals surface area contributed by atoms with Crippen LogP contribution in [0, 0.1) is 0 Å². The van der Waals surface area contributed by atoms with Gasteiger partial charge in [0.05, 0.1) is 29.8 Å². The minimum absolute atomic E-state index is 0.0528. The third-order valence-corrected chi connectivity index (χ3v) is 6.69. The Labute approximate surface area is 180 Å². The number of nitrogens with one attached hydrogen (secondary N) is 1. The molecule has 4 atom stereocenters. The van der Waals surface area contributed by atoms with E-state index in [2.05, 4.69) is 25.5 Å². The molecule has 0 aliphatic carbocycles. The van der Waals surface area contributed by atoms with Crippen molar-refractivity contribution in [2.24, 2.45) is 0 Å². The average molecular weight is 423 g/mol. The van der Waals surface area contributed by atoms with Gasteiger partial charge >= 0.3 is 0 Å². The van der Waals surface area contributed by atoms with Crippen molar-refractivity contribution in [3.05, 3.63) is 43.1 Å². The number of rotatable bonds is 4. The van der Waals surface area contributed by atoms with Gasteiger partial charge in [-0.05, 0) is 44.7 Å². The van der Waals surface area contributed by atoms with Gasteiger partial charge in [0, 0.05) is 37.1 Å². The molecule has 2 aliphatic heterocycles. The summed E-state index contributed by atoms with van der Waals surface area (Å²) in [6.07, 6.45) is 9.42. The summed E-state index contributed by atoms with van der Waals surface area (Å²) in [5.74, 6) is 0.893. The zero-order valence-corrected chi connectivity index (χ0v) is 17.6. The number of fused-ring (bicyclic) bond motifs is 2. The Morgan fingerprint density at radius 1 is 1.32 bits per heavy atom. The number of anilines is 1. The monoisotopic (exact) mass is 423 g/mol. The molecule has 2 fully saturated rings. The molecule has 3 aromatic rings. The molecule has 1 aromatic carbocycles. The lowest BCUT2D eigenvalue weighted by molar-refractivity contribution is 0.0405. The van der Waals surface area contributed by atoms with E-state index in [-0.39, 0.29) is 11.8 Å². The van der Waals surface area contributed by atoms with Crippen LogP contribution in [-0.4, -0.2) is 60.7 Å². The van der Waals surface area contributed by atoms with E-state index in [1.165, 1.54) is 0 Å². The second kappa shape index (κ2) is 7.56. The number of nitrogens with zero attached hydrogens (tertiary/aromatic N) is 6. The number of phenols is 1. The number of imidazole rings is 1. The Balaban J connectivity index is 1.36. The van der Waals surface area contributed by atoms with Crippen LogP contribution < -0.4 is 10.2 Å². The maximum atomic E-state index is 15.4. The van der Waals surface area contributed by atoms with Gasteiger partial charge in [0.2, 0.25) is 0 Å². The van der Waals surface area contributed by atoms with Crippen molar-refractivity contribution < 1.29 is 9.50 Å². The van der Waals surface area contributed by atoms with Crippen LogP contribution in [0.25, 0.3) is 17.1 Å². The van der Waals surface area contributed by atoms with Gasteiger partial charge in [-0.15, -0.1) is 10.2 Å². The van der Waals surface area contributed by atoms with Crippen LogP contribution in [-0.2, 0) is 0 Å². The van der Waals surface area contributed by atoms with Crippen LogP contribution in [0.4, 0.5) is 10.2 Å². The van der Waals surface area contributed by atoms with Gasteiger partial charge in [0.25, 0.3) is 0 Å². The van der Waals surface area contributed by atoms with E-state index >= 15 is 4.39 Å². The summed E-state index contributed by atoms with van der Waals surface area (Å²) in [6.45, 7) is 1.98. The molecule has 5 rings (SSSR count). The largest absolute Gasteiger partial charge is 0.507 e. The van der Waals surface area contributed by atoms with E-state index in [9.17, 15) is 5.11 Å². The minimum Gasteiger partial charge on any atom is -0.507 e. The molecule has 4 heterocycles. The molecule has 2 aliphatic rings. The SMILES string of the molecule is CN(c1cnc(-c2ccc(-n3ccnc3)cc2O)nn1)[C@@H]1C[C@H]2CCC[C@](C)(N2)[C@@H]1F. The maximum absolute atomic E-state index is 15.4. The molecule has 2 aromatic heterocycles. The van der Waals surface area contributed by atoms with Gasteiger partial charge < -0.3 is 19.9 Å². The Bertz CT molecular complexity index is 1060. The highest BCUT2D eigenvalue weighted by molar-refractivity contribution is 5.66. The number of halogens is 1. The Morgan fingerprint density at radius 2 is 2.19 bits per heavy atom. The van der Waals surface area contributed by atoms with Crippen molar-refractivity contribution in [2.45, 2.75) is 56.4 Å². The standard InChI is InChI=1S/C22H26FN7O/c1-22-7-3-4-14(26-22)10-17(20(22)23)29(2)19-12-25-21(28-27-19)16-6-5-15(11-18(16)31)30-9-8-24-13-30/h5-6,8-9,11-14,17,20,26,31H,3-4,7,10H2,1-2H3/t14-,17-,20-,22+/m1/s1. The minimum atomic E-state index is -1.00. The van der Waals surface area contributed by atoms with Crippen molar-refractivity contribution in [3.63, 3.8) is 0 Å². The third-order valence-electron chi connectivity index (χ3n) is 6.69. The summed E-state index contributed by atoms with van der Waals surface area (Å²) < 4.78 is 17.2. The molecule has 0 unspecified atom stereocenters. The molecule has 162 valence electrons. The van der Waals surface area contributed by atoms with E-state index in [0.29, 0.717) is 23.2 Å². The summed E-state index contributed by atoms with van der Waals surface area (Å²) in [6, 6.07) is 5.27. The number of aromatic hydroxyl groups is 1. The predicted molar refractivity (Wildman–Crippen MR) is 115 cm³/mol. The van der Waals surface area contributed by atoms with Crippen molar-refractivity contribution >= 4 is 5.82 Å². The van der Waals surface area contributed by atoms with Gasteiger partial charge in [-0.25, -0.2) is 14.4 Å². The third kappa shape index (κ3) is 3.52. The summed E-state index contributed by atoms with van der Waals surface area (Å²) in [7, 11) is 1.85. The second-order valence-corrected chi connectivity index (χ2v) is 8.78. The molecule has 0 radical (unpaired) electrons. The number of phenolic OH excluding ortho intramolecular Hbond substituents is 1. The first-order valence-corrected chi connectivity index (χ1v) is 10.6. The fourth-order valence-electron chi connectivity index (χ4n) is 4.92. The molecule has 0 saturated carbocycles. The number of hydrogen-bond acceptors (Lipinski definition) is 7. The van der Waals surface area contributed by atoms with Crippen molar-refractivity contribution in [2.75, 3.05) is 11.9 Å². The summed E-state index contributed by atoms with van der Waals surface area (Å²) in [5.41, 5.74) is 0.767. The second-order valence-electron chi connectivity index (χ2n) is 8.78. The normalized spacial score (nSPS) is 27.8. The van der Waals surface area contributed by atoms with Gasteiger partial charge in [0.15, 0.2) is 11.6 Å². The van der Waals surface area contributed by atoms with Gasteiger partial charge in [-0.1, -0.05) is 0 Å². The van der Waals surface area contributed by atoms with E-state index in [1.807, 2.05) is 24.9 Å². The Hall–Kier alpha value is -3.07. The van der Waals surface area contributed by atoms with Crippen LogP contribution in [0.5, 0.6) is 5.75 Å². The number of aromatic nitrogens is 5. The first-order chi connectivity index (χ1) is 14.9. The Kier molecular flexibility index (Phi) is 4.85. The molecule has 31 heavy (non-hydrogen) atoms. The first kappa shape index (κ1) is 19.9. The van der Waals surface area contributed by atoms with Gasteiger partial charge in [-0.3, -0.25) is 0 Å². The number of piperidine rings is 2. The molecule has 9 heteroatoms. The quantitative estimate of drug-likeness (QED) is 0.667. The molecule has 2 N–H and O–H groups in total. The lowest BCUT2D eigenvalue weighted by Gasteiger charge is -2.52. The fraction of sp³-hybridized carbons (Fsp3) is 0.455. The van der Waals surface area contributed by atoms with E-state index in [4.69, 9.17) is 0 Å². The molecule has 0 spiro atoms. The lowest BCUT2D eigenvalue weighted by Crippen LogP contribution is -2.68. The molecule has 8 nitrogen and oxygen atoms in total. The topological polar surface area (TPSA) is 92.0 Å². The van der Waals surface area contributed by atoms with Crippen molar-refractivity contribution in [1.82, 2.24) is 30.0 Å². The molecule has 2 saturated heterocycles. The summed E-state index contributed by atoms with van der Waals surface area (Å²) in [5, 5.41) is 22.5. The number of benzene rings is 1. The van der Waals surface area contributed by atoms with Crippen molar-refractivity contribution in [3.8, 4) is 22.8 Å². The van der Waals surface area contributed by atoms with E-state index in [1.54, 1.807) is 41.6 Å². The lowest BCUT2D eigenvalue weighted by atomic mass is 9.73. The fourth-order valence-corrected chi connectivity index (χ4v) is 4.92. The zero-order valence-electron chi connectivity index (χ0n) is 17.6. The van der Waals surface area contributed by atoms with Gasteiger partial charge in [0.1, 0.15) is 11.9 Å². The highest BCUT2D eigenvalue weighted by atomic mass is 19.1. The molecule has 0 amide bonds. The first-order valence-electron chi connectivity index (χ1n) is 10.6. The van der Waals surface area contributed by atoms with Crippen LogP contribution in [0.2, 0.25) is 0 Å². The highest BCUT2D eigenvalue weighted by Gasteiger charge is 2.49. The van der Waals surface area contributed by atoms with Crippen LogP contribution in [0.15, 0.2) is 43.1 Å². The summed E-state index contributed by atoms with van der Waals surface area (Å²) in [4.78, 5) is 10.3.